The summed E-state index contributed by atoms with van der Waals surface area (Å²) in [6.07, 6.45) is 7.05. The third-order valence-electron chi connectivity index (χ3n) is 6.82. The number of allylic oxidation sites excluding steroid dienone is 2. The van der Waals surface area contributed by atoms with Gasteiger partial charge in [-0.25, -0.2) is 0 Å². The molecule has 0 aromatic rings. The molecule has 0 spiro atoms. The molecule has 6 nitrogen and oxygen atoms in total. The van der Waals surface area contributed by atoms with Crippen molar-refractivity contribution in [3.05, 3.63) is 12.2 Å². The fraction of sp³-hybridized carbons (Fsp3) is 0.826. The minimum Gasteiger partial charge on any atom is -0.550 e. The molecule has 2 rings (SSSR count). The number of aliphatic hydroxyl groups is 2. The molecule has 1 saturated carbocycles. The molecule has 2 aliphatic rings. The molecule has 0 aromatic heterocycles. The second-order valence-electron chi connectivity index (χ2n) is 9.04. The number of carbonyl (C=O) groups excluding carboxylic acids is 2. The first-order chi connectivity index (χ1) is 13.7. The van der Waals surface area contributed by atoms with Crippen LogP contribution in [0.3, 0.4) is 0 Å². The van der Waals surface area contributed by atoms with Crippen LogP contribution in [-0.4, -0.2) is 40.5 Å². The largest absolute Gasteiger partial charge is 1.00 e. The van der Waals surface area contributed by atoms with Crippen LogP contribution in [0.25, 0.3) is 0 Å². The van der Waals surface area contributed by atoms with Crippen molar-refractivity contribution < 1.29 is 59.2 Å². The average molecular weight is 433 g/mol. The molecule has 166 valence electrons. The Labute approximate surface area is 202 Å². The summed E-state index contributed by atoms with van der Waals surface area (Å²) >= 11 is 0. The Morgan fingerprint density at radius 2 is 1.90 bits per heavy atom. The minimum absolute atomic E-state index is 0. The first kappa shape index (κ1) is 27.6. The average Bonchev–Trinajstić information content (AvgIpc) is 2.65. The summed E-state index contributed by atoms with van der Waals surface area (Å²) in [7, 11) is 0. The molecule has 0 radical (unpaired) electrons. The zero-order chi connectivity index (χ0) is 21.6. The third kappa shape index (κ3) is 7.94. The number of rotatable bonds is 10. The van der Waals surface area contributed by atoms with Crippen LogP contribution in [0.15, 0.2) is 12.2 Å². The smallest absolute Gasteiger partial charge is 0.550 e. The predicted molar refractivity (Wildman–Crippen MR) is 107 cm³/mol. The van der Waals surface area contributed by atoms with Crippen LogP contribution < -0.4 is 34.7 Å². The molecule has 0 amide bonds. The van der Waals surface area contributed by atoms with E-state index < -0.39 is 24.6 Å². The van der Waals surface area contributed by atoms with Crippen LogP contribution in [0.5, 0.6) is 0 Å². The topological polar surface area (TPSA) is 107 Å². The summed E-state index contributed by atoms with van der Waals surface area (Å²) in [5.41, 5.74) is 0. The van der Waals surface area contributed by atoms with Crippen LogP contribution in [0.1, 0.15) is 72.1 Å². The number of aliphatic carboxylic acids is 1. The van der Waals surface area contributed by atoms with Gasteiger partial charge in [0.25, 0.3) is 0 Å². The second-order valence-corrected chi connectivity index (χ2v) is 9.04. The predicted octanol–water partition coefficient (Wildman–Crippen LogP) is -0.781. The fourth-order valence-corrected chi connectivity index (χ4v) is 5.10. The van der Waals surface area contributed by atoms with Crippen molar-refractivity contribution in [1.82, 2.24) is 0 Å². The molecular formula is C23H37NaO6. The monoisotopic (exact) mass is 432 g/mol. The molecule has 0 unspecified atom stereocenters. The standard InChI is InChI=1S/C23H38O6.Na/c1-4-15(3)29-23(28)20-7-5-6-16-9-8-14(2)19(22(16)20)11-10-17(24)12-18(25)13-21(26)27;/h8-9,14-20,22,24-25H,4-7,10-13H2,1-3H3,(H,26,27);/q;+1/p-1/t14-,15-,16+,17+,18+,19-,20-,22-;/m0./s1. The van der Waals surface area contributed by atoms with Gasteiger partial charge < -0.3 is 24.9 Å². The first-order valence-corrected chi connectivity index (χ1v) is 11.2. The Bertz CT molecular complexity index is 580. The molecular weight excluding hydrogens is 395 g/mol. The SMILES string of the molecule is CC[C@H](C)OC(=O)[C@H]1CCC[C@@H]2C=C[C@H](C)[C@H](CC[C@@H](O)C[C@@H](O)CC(=O)[O-])[C@@H]12.[Na+]. The molecule has 7 heteroatoms. The van der Waals surface area contributed by atoms with Crippen LogP contribution in [0, 0.1) is 29.6 Å². The van der Waals surface area contributed by atoms with Crippen LogP contribution >= 0.6 is 0 Å². The number of esters is 1. The maximum atomic E-state index is 12.9. The molecule has 2 aliphatic carbocycles. The van der Waals surface area contributed by atoms with E-state index in [4.69, 9.17) is 4.74 Å². The van der Waals surface area contributed by atoms with E-state index in [1.807, 2.05) is 13.8 Å². The van der Waals surface area contributed by atoms with Gasteiger partial charge in [-0.15, -0.1) is 0 Å². The summed E-state index contributed by atoms with van der Waals surface area (Å²) < 4.78 is 5.68. The Kier molecular flexibility index (Phi) is 12.2. The van der Waals surface area contributed by atoms with Gasteiger partial charge in [-0.1, -0.05) is 32.4 Å². The number of carbonyl (C=O) groups is 2. The zero-order valence-corrected chi connectivity index (χ0v) is 21.0. The molecule has 0 bridgehead atoms. The number of hydrogen-bond donors (Lipinski definition) is 2. The quantitative estimate of drug-likeness (QED) is 0.266. The summed E-state index contributed by atoms with van der Waals surface area (Å²) in [6, 6.07) is 0. The number of ether oxygens (including phenoxy) is 1. The van der Waals surface area contributed by atoms with E-state index in [0.29, 0.717) is 18.3 Å². The van der Waals surface area contributed by atoms with Gasteiger partial charge in [0.15, 0.2) is 0 Å². The van der Waals surface area contributed by atoms with Crippen molar-refractivity contribution >= 4 is 11.9 Å². The Hall–Kier alpha value is -0.400. The van der Waals surface area contributed by atoms with Crippen molar-refractivity contribution in [2.45, 2.75) is 90.4 Å². The Balaban J connectivity index is 0.00000450. The Morgan fingerprint density at radius 3 is 2.53 bits per heavy atom. The van der Waals surface area contributed by atoms with E-state index in [2.05, 4.69) is 19.1 Å². The molecule has 0 aromatic carbocycles. The van der Waals surface area contributed by atoms with Crippen LogP contribution in [0.4, 0.5) is 0 Å². The number of fused-ring (bicyclic) bond motifs is 1. The van der Waals surface area contributed by atoms with Crippen molar-refractivity contribution in [3.63, 3.8) is 0 Å². The van der Waals surface area contributed by atoms with Crippen molar-refractivity contribution in [1.29, 1.82) is 0 Å². The van der Waals surface area contributed by atoms with Crippen molar-refractivity contribution in [2.24, 2.45) is 29.6 Å². The van der Waals surface area contributed by atoms with Crippen LogP contribution in [-0.2, 0) is 14.3 Å². The Morgan fingerprint density at radius 1 is 1.20 bits per heavy atom. The second kappa shape index (κ2) is 13.2. The summed E-state index contributed by atoms with van der Waals surface area (Å²) in [5, 5.41) is 30.6. The molecule has 2 N–H and O–H groups in total. The normalized spacial score (nSPS) is 31.0. The first-order valence-electron chi connectivity index (χ1n) is 11.2. The fourth-order valence-electron chi connectivity index (χ4n) is 5.10. The number of hydrogen-bond acceptors (Lipinski definition) is 6. The summed E-state index contributed by atoms with van der Waals surface area (Å²) in [5.74, 6) is -0.391. The zero-order valence-electron chi connectivity index (χ0n) is 19.0. The van der Waals surface area contributed by atoms with Gasteiger partial charge in [0.2, 0.25) is 0 Å². The number of aliphatic hydroxyl groups excluding tert-OH is 2. The molecule has 0 heterocycles. The van der Waals surface area contributed by atoms with Gasteiger partial charge in [-0.05, 0) is 69.1 Å². The van der Waals surface area contributed by atoms with E-state index in [1.54, 1.807) is 0 Å². The van der Waals surface area contributed by atoms with Gasteiger partial charge in [0.1, 0.15) is 0 Å². The molecule has 0 saturated heterocycles. The summed E-state index contributed by atoms with van der Waals surface area (Å²) in [4.78, 5) is 23.5. The van der Waals surface area contributed by atoms with E-state index in [-0.39, 0.29) is 65.8 Å². The van der Waals surface area contributed by atoms with Crippen molar-refractivity contribution in [2.75, 3.05) is 0 Å². The number of carboxylic acid groups (broad SMARTS) is 1. The van der Waals surface area contributed by atoms with E-state index in [0.717, 1.165) is 32.1 Å². The maximum Gasteiger partial charge on any atom is 1.00 e. The molecule has 30 heavy (non-hydrogen) atoms. The number of carboxylic acids is 1. The van der Waals surface area contributed by atoms with Gasteiger partial charge in [0, 0.05) is 12.4 Å². The molecule has 0 aliphatic heterocycles. The van der Waals surface area contributed by atoms with Gasteiger partial charge in [-0.3, -0.25) is 4.79 Å². The van der Waals surface area contributed by atoms with Crippen molar-refractivity contribution in [3.8, 4) is 0 Å². The minimum atomic E-state index is -1.32. The summed E-state index contributed by atoms with van der Waals surface area (Å²) in [6.45, 7) is 6.08. The van der Waals surface area contributed by atoms with Gasteiger partial charge in [-0.2, -0.15) is 0 Å². The third-order valence-corrected chi connectivity index (χ3v) is 6.82. The van der Waals surface area contributed by atoms with E-state index >= 15 is 0 Å². The van der Waals surface area contributed by atoms with E-state index in [1.165, 1.54) is 0 Å². The molecule has 8 atom stereocenters. The van der Waals surface area contributed by atoms with Crippen LogP contribution in [0.2, 0.25) is 0 Å². The van der Waals surface area contributed by atoms with Gasteiger partial charge in [0.05, 0.1) is 24.2 Å². The maximum absolute atomic E-state index is 12.9. The van der Waals surface area contributed by atoms with E-state index in [9.17, 15) is 24.9 Å². The molecule has 1 fully saturated rings. The van der Waals surface area contributed by atoms with Gasteiger partial charge >= 0.3 is 35.5 Å².